The summed E-state index contributed by atoms with van der Waals surface area (Å²) in [5.74, 6) is 0.218. The van der Waals surface area contributed by atoms with Gasteiger partial charge in [0, 0.05) is 9.90 Å². The van der Waals surface area contributed by atoms with E-state index in [1.165, 1.54) is 22.3 Å². The van der Waals surface area contributed by atoms with Crippen LogP contribution in [-0.4, -0.2) is 5.91 Å². The molecule has 0 aliphatic heterocycles. The third kappa shape index (κ3) is 3.23. The molecule has 0 saturated heterocycles. The van der Waals surface area contributed by atoms with Crippen LogP contribution in [-0.2, 0) is 12.8 Å². The van der Waals surface area contributed by atoms with E-state index in [1.54, 1.807) is 12.1 Å². The van der Waals surface area contributed by atoms with E-state index >= 15 is 0 Å². The Morgan fingerprint density at radius 2 is 2.22 bits per heavy atom. The third-order valence-electron chi connectivity index (χ3n) is 4.02. The first-order chi connectivity index (χ1) is 11.0. The minimum atomic E-state index is -0.347. The van der Waals surface area contributed by atoms with E-state index in [2.05, 4.69) is 18.3 Å². The Morgan fingerprint density at radius 1 is 1.43 bits per heavy atom. The Labute approximate surface area is 148 Å². The number of hydrogen-bond acceptors (Lipinski definition) is 3. The molecule has 0 saturated carbocycles. The van der Waals surface area contributed by atoms with Gasteiger partial charge in [-0.3, -0.25) is 4.79 Å². The lowest BCUT2D eigenvalue weighted by atomic mass is 9.88. The predicted octanol–water partition coefficient (Wildman–Crippen LogP) is 5.30. The average molecular weight is 365 g/mol. The number of amides is 1. The van der Waals surface area contributed by atoms with Gasteiger partial charge < -0.3 is 5.32 Å². The van der Waals surface area contributed by atoms with Gasteiger partial charge in [-0.1, -0.05) is 30.1 Å². The highest BCUT2D eigenvalue weighted by Gasteiger charge is 2.25. The second-order valence-electron chi connectivity index (χ2n) is 5.75. The SMILES string of the molecule is C[C@H]1CCc2sc(NC(=O)c3cc(Cl)ccc3Cl)c(C#N)c2C1. The predicted molar refractivity (Wildman–Crippen MR) is 94.6 cm³/mol. The summed E-state index contributed by atoms with van der Waals surface area (Å²) < 4.78 is 0. The zero-order valence-electron chi connectivity index (χ0n) is 12.5. The fourth-order valence-corrected chi connectivity index (χ4v) is 4.37. The lowest BCUT2D eigenvalue weighted by Gasteiger charge is -2.17. The van der Waals surface area contributed by atoms with E-state index in [4.69, 9.17) is 23.2 Å². The fraction of sp³-hybridized carbons (Fsp3) is 0.294. The number of nitrogens with zero attached hydrogens (tertiary/aromatic N) is 1. The minimum absolute atomic E-state index is 0.308. The molecule has 1 amide bonds. The van der Waals surface area contributed by atoms with Crippen molar-refractivity contribution in [1.29, 1.82) is 5.26 Å². The van der Waals surface area contributed by atoms with E-state index < -0.39 is 0 Å². The number of fused-ring (bicyclic) bond motifs is 1. The molecule has 118 valence electrons. The molecule has 1 aliphatic rings. The lowest BCUT2D eigenvalue weighted by molar-refractivity contribution is 0.102. The molecule has 0 unspecified atom stereocenters. The number of benzene rings is 1. The first-order valence-electron chi connectivity index (χ1n) is 7.30. The van der Waals surface area contributed by atoms with E-state index in [0.717, 1.165) is 24.8 Å². The van der Waals surface area contributed by atoms with Gasteiger partial charge in [0.25, 0.3) is 5.91 Å². The number of hydrogen-bond donors (Lipinski definition) is 1. The van der Waals surface area contributed by atoms with E-state index in [0.29, 0.717) is 32.1 Å². The van der Waals surface area contributed by atoms with Gasteiger partial charge >= 0.3 is 0 Å². The second kappa shape index (κ2) is 6.52. The zero-order valence-corrected chi connectivity index (χ0v) is 14.8. The van der Waals surface area contributed by atoms with Crippen molar-refractivity contribution in [2.45, 2.75) is 26.2 Å². The van der Waals surface area contributed by atoms with Crippen LogP contribution in [0.3, 0.4) is 0 Å². The molecule has 0 radical (unpaired) electrons. The molecule has 1 aromatic heterocycles. The molecule has 2 aromatic rings. The number of carbonyl (C=O) groups is 1. The molecular formula is C17H14Cl2N2OS. The summed E-state index contributed by atoms with van der Waals surface area (Å²) in [7, 11) is 0. The van der Waals surface area contributed by atoms with Gasteiger partial charge in [-0.25, -0.2) is 0 Å². The summed E-state index contributed by atoms with van der Waals surface area (Å²) in [6.45, 7) is 2.19. The summed E-state index contributed by atoms with van der Waals surface area (Å²) in [6.07, 6.45) is 2.97. The van der Waals surface area contributed by atoms with E-state index in [9.17, 15) is 10.1 Å². The largest absolute Gasteiger partial charge is 0.312 e. The van der Waals surface area contributed by atoms with Crippen LogP contribution in [0.25, 0.3) is 0 Å². The van der Waals surface area contributed by atoms with Gasteiger partial charge in [-0.05, 0) is 48.9 Å². The summed E-state index contributed by atoms with van der Waals surface area (Å²) in [6, 6.07) is 6.99. The topological polar surface area (TPSA) is 52.9 Å². The van der Waals surface area contributed by atoms with Crippen molar-refractivity contribution in [1.82, 2.24) is 0 Å². The maximum Gasteiger partial charge on any atom is 0.257 e. The molecule has 0 spiro atoms. The van der Waals surface area contributed by atoms with Crippen LogP contribution in [0, 0.1) is 17.2 Å². The molecule has 6 heteroatoms. The van der Waals surface area contributed by atoms with Gasteiger partial charge in [0.1, 0.15) is 11.1 Å². The Morgan fingerprint density at radius 3 is 2.96 bits per heavy atom. The third-order valence-corrected chi connectivity index (χ3v) is 5.79. The molecule has 23 heavy (non-hydrogen) atoms. The van der Waals surface area contributed by atoms with Crippen LogP contribution >= 0.6 is 34.5 Å². The van der Waals surface area contributed by atoms with Gasteiger partial charge in [-0.2, -0.15) is 5.26 Å². The summed E-state index contributed by atoms with van der Waals surface area (Å²) >= 11 is 13.5. The highest BCUT2D eigenvalue weighted by Crippen LogP contribution is 2.39. The molecule has 1 aliphatic carbocycles. The van der Waals surface area contributed by atoms with Gasteiger partial charge in [0.2, 0.25) is 0 Å². The Kier molecular flexibility index (Phi) is 4.63. The molecule has 0 fully saturated rings. The van der Waals surface area contributed by atoms with Crippen molar-refractivity contribution in [2.75, 3.05) is 5.32 Å². The number of rotatable bonds is 2. The van der Waals surface area contributed by atoms with Crippen LogP contribution < -0.4 is 5.32 Å². The highest BCUT2D eigenvalue weighted by molar-refractivity contribution is 7.16. The Bertz CT molecular complexity index is 823. The van der Waals surface area contributed by atoms with Gasteiger partial charge in [0.15, 0.2) is 0 Å². The first kappa shape index (κ1) is 16.3. The fourth-order valence-electron chi connectivity index (χ4n) is 2.81. The molecule has 3 rings (SSSR count). The first-order valence-corrected chi connectivity index (χ1v) is 8.88. The summed E-state index contributed by atoms with van der Waals surface area (Å²) in [5, 5.41) is 13.7. The number of nitrogens with one attached hydrogen (secondary N) is 1. The minimum Gasteiger partial charge on any atom is -0.312 e. The molecule has 0 bridgehead atoms. The monoisotopic (exact) mass is 364 g/mol. The number of carbonyl (C=O) groups excluding carboxylic acids is 1. The van der Waals surface area contributed by atoms with Crippen molar-refractivity contribution < 1.29 is 4.79 Å². The van der Waals surface area contributed by atoms with Crippen LogP contribution in [0.2, 0.25) is 10.0 Å². The highest BCUT2D eigenvalue weighted by atomic mass is 35.5. The molecule has 1 N–H and O–H groups in total. The molecule has 1 aromatic carbocycles. The number of aryl methyl sites for hydroxylation is 1. The number of nitriles is 1. The average Bonchev–Trinajstić information content (AvgIpc) is 2.85. The van der Waals surface area contributed by atoms with Gasteiger partial charge in [-0.15, -0.1) is 11.3 Å². The smallest absolute Gasteiger partial charge is 0.257 e. The normalized spacial score (nSPS) is 16.5. The van der Waals surface area contributed by atoms with Crippen molar-refractivity contribution in [3.63, 3.8) is 0 Å². The molecule has 1 heterocycles. The number of halogens is 2. The van der Waals surface area contributed by atoms with Crippen LogP contribution in [0.4, 0.5) is 5.00 Å². The summed E-state index contributed by atoms with van der Waals surface area (Å²) in [4.78, 5) is 13.7. The van der Waals surface area contributed by atoms with Crippen molar-refractivity contribution in [3.8, 4) is 6.07 Å². The quantitative estimate of drug-likeness (QED) is 0.785. The van der Waals surface area contributed by atoms with E-state index in [1.807, 2.05) is 0 Å². The standard InChI is InChI=1S/C17H14Cl2N2OS/c1-9-2-5-15-11(6-9)13(8-20)17(23-15)21-16(22)12-7-10(18)3-4-14(12)19/h3-4,7,9H,2,5-6H2,1H3,(H,21,22)/t9-/m0/s1. The Balaban J connectivity index is 1.93. The van der Waals surface area contributed by atoms with Gasteiger partial charge in [0.05, 0.1) is 16.1 Å². The number of thiophene rings is 1. The van der Waals surface area contributed by atoms with Crippen LogP contribution in [0.1, 0.15) is 39.7 Å². The molecule has 1 atom stereocenters. The maximum absolute atomic E-state index is 12.5. The second-order valence-corrected chi connectivity index (χ2v) is 7.69. The van der Waals surface area contributed by atoms with Crippen LogP contribution in [0.5, 0.6) is 0 Å². The molecular weight excluding hydrogens is 351 g/mol. The van der Waals surface area contributed by atoms with Crippen molar-refractivity contribution in [3.05, 3.63) is 49.8 Å². The zero-order chi connectivity index (χ0) is 16.6. The van der Waals surface area contributed by atoms with Crippen molar-refractivity contribution in [2.24, 2.45) is 5.92 Å². The van der Waals surface area contributed by atoms with E-state index in [-0.39, 0.29) is 5.91 Å². The van der Waals surface area contributed by atoms with Crippen LogP contribution in [0.15, 0.2) is 18.2 Å². The van der Waals surface area contributed by atoms with Crippen molar-refractivity contribution >= 4 is 45.4 Å². The Hall–Kier alpha value is -1.54. The summed E-state index contributed by atoms with van der Waals surface area (Å²) in [5.41, 5.74) is 1.98. The maximum atomic E-state index is 12.5. The lowest BCUT2D eigenvalue weighted by Crippen LogP contribution is -2.13. The number of anilines is 1. The molecule has 3 nitrogen and oxygen atoms in total.